The Balaban J connectivity index is 2.30. The van der Waals surface area contributed by atoms with E-state index in [1.807, 2.05) is 12.3 Å². The van der Waals surface area contributed by atoms with Crippen molar-refractivity contribution in [1.82, 2.24) is 4.98 Å². The first-order valence-electron chi connectivity index (χ1n) is 6.06. The van der Waals surface area contributed by atoms with Crippen LogP contribution in [0.3, 0.4) is 0 Å². The molecule has 2 nitrogen and oxygen atoms in total. The van der Waals surface area contributed by atoms with Crippen molar-refractivity contribution in [2.45, 2.75) is 33.2 Å². The van der Waals surface area contributed by atoms with E-state index in [1.54, 1.807) is 0 Å². The molecule has 0 radical (unpaired) electrons. The van der Waals surface area contributed by atoms with Crippen molar-refractivity contribution in [2.24, 2.45) is 11.1 Å². The monoisotopic (exact) mass is 228 g/mol. The summed E-state index contributed by atoms with van der Waals surface area (Å²) in [5.41, 5.74) is 8.69. The fourth-order valence-corrected chi connectivity index (χ4v) is 2.09. The minimum Gasteiger partial charge on any atom is -0.324 e. The van der Waals surface area contributed by atoms with Crippen LogP contribution in [0.2, 0.25) is 0 Å². The van der Waals surface area contributed by atoms with Gasteiger partial charge in [-0.25, -0.2) is 0 Å². The molecule has 2 N–H and O–H groups in total. The number of hydrogen-bond donors (Lipinski definition) is 1. The Morgan fingerprint density at radius 2 is 2.00 bits per heavy atom. The number of pyridine rings is 1. The van der Waals surface area contributed by atoms with Crippen LogP contribution in [-0.4, -0.2) is 4.98 Å². The van der Waals surface area contributed by atoms with Gasteiger partial charge in [0.1, 0.15) is 0 Å². The van der Waals surface area contributed by atoms with Crippen molar-refractivity contribution >= 4 is 10.9 Å². The van der Waals surface area contributed by atoms with Gasteiger partial charge in [-0.1, -0.05) is 39.0 Å². The van der Waals surface area contributed by atoms with Gasteiger partial charge in [-0.05, 0) is 29.5 Å². The molecule has 2 heteroatoms. The largest absolute Gasteiger partial charge is 0.324 e. The highest BCUT2D eigenvalue weighted by molar-refractivity contribution is 5.78. The van der Waals surface area contributed by atoms with Crippen LogP contribution in [0.4, 0.5) is 0 Å². The van der Waals surface area contributed by atoms with E-state index in [-0.39, 0.29) is 11.5 Å². The summed E-state index contributed by atoms with van der Waals surface area (Å²) in [5.74, 6) is 0. The summed E-state index contributed by atoms with van der Waals surface area (Å²) in [7, 11) is 0. The number of hydrogen-bond acceptors (Lipinski definition) is 2. The van der Waals surface area contributed by atoms with Crippen LogP contribution < -0.4 is 5.73 Å². The fourth-order valence-electron chi connectivity index (χ4n) is 2.09. The molecule has 0 bridgehead atoms. The van der Waals surface area contributed by atoms with E-state index in [9.17, 15) is 0 Å². The number of fused-ring (bicyclic) bond motifs is 1. The smallest absolute Gasteiger partial charge is 0.0705 e. The van der Waals surface area contributed by atoms with Gasteiger partial charge >= 0.3 is 0 Å². The third-order valence-corrected chi connectivity index (χ3v) is 2.89. The Morgan fingerprint density at radius 1 is 1.24 bits per heavy atom. The first kappa shape index (κ1) is 12.1. The Kier molecular flexibility index (Phi) is 3.16. The molecular weight excluding hydrogens is 208 g/mol. The van der Waals surface area contributed by atoms with Gasteiger partial charge in [0.2, 0.25) is 0 Å². The lowest BCUT2D eigenvalue weighted by Crippen LogP contribution is -2.18. The zero-order valence-electron chi connectivity index (χ0n) is 10.8. The average molecular weight is 228 g/mol. The molecule has 1 unspecified atom stereocenters. The Hall–Kier alpha value is -1.41. The van der Waals surface area contributed by atoms with Crippen LogP contribution in [-0.2, 0) is 0 Å². The summed E-state index contributed by atoms with van der Waals surface area (Å²) in [6.45, 7) is 6.64. The van der Waals surface area contributed by atoms with Gasteiger partial charge in [0.05, 0.1) is 5.52 Å². The lowest BCUT2D eigenvalue weighted by Gasteiger charge is -2.23. The molecule has 0 fully saturated rings. The maximum Gasteiger partial charge on any atom is 0.0705 e. The second-order valence-corrected chi connectivity index (χ2v) is 5.83. The highest BCUT2D eigenvalue weighted by atomic mass is 14.7. The summed E-state index contributed by atoms with van der Waals surface area (Å²) in [5, 5.41) is 1.17. The summed E-state index contributed by atoms with van der Waals surface area (Å²) < 4.78 is 0. The van der Waals surface area contributed by atoms with Crippen LogP contribution in [0.1, 0.15) is 38.8 Å². The van der Waals surface area contributed by atoms with Gasteiger partial charge in [-0.3, -0.25) is 4.98 Å². The predicted octanol–water partition coefficient (Wildman–Crippen LogP) is 3.67. The van der Waals surface area contributed by atoms with Crippen molar-refractivity contribution in [1.29, 1.82) is 0 Å². The molecular formula is C15H20N2. The summed E-state index contributed by atoms with van der Waals surface area (Å²) in [4.78, 5) is 4.37. The SMILES string of the molecule is CC(C)(C)CC(N)c1ccc2cccnc2c1. The second kappa shape index (κ2) is 4.46. The minimum absolute atomic E-state index is 0.0846. The number of nitrogens with two attached hydrogens (primary N) is 1. The molecule has 1 aromatic carbocycles. The molecule has 0 aliphatic heterocycles. The van der Waals surface area contributed by atoms with E-state index in [4.69, 9.17) is 5.73 Å². The van der Waals surface area contributed by atoms with Crippen LogP contribution in [0.25, 0.3) is 10.9 Å². The molecule has 0 spiro atoms. The van der Waals surface area contributed by atoms with E-state index in [0.717, 1.165) is 11.9 Å². The molecule has 90 valence electrons. The number of benzene rings is 1. The van der Waals surface area contributed by atoms with Gasteiger partial charge in [-0.2, -0.15) is 0 Å². The number of aromatic nitrogens is 1. The molecule has 2 aromatic rings. The number of nitrogens with zero attached hydrogens (tertiary/aromatic N) is 1. The maximum atomic E-state index is 6.24. The van der Waals surface area contributed by atoms with Crippen molar-refractivity contribution < 1.29 is 0 Å². The molecule has 1 aromatic heterocycles. The predicted molar refractivity (Wildman–Crippen MR) is 72.7 cm³/mol. The maximum absolute atomic E-state index is 6.24. The Morgan fingerprint density at radius 3 is 2.71 bits per heavy atom. The van der Waals surface area contributed by atoms with E-state index < -0.39 is 0 Å². The van der Waals surface area contributed by atoms with Crippen LogP contribution in [0, 0.1) is 5.41 Å². The first-order valence-corrected chi connectivity index (χ1v) is 6.06. The molecule has 0 aliphatic carbocycles. The Labute approximate surface area is 103 Å². The van der Waals surface area contributed by atoms with E-state index in [2.05, 4.69) is 50.0 Å². The number of rotatable bonds is 2. The van der Waals surface area contributed by atoms with E-state index in [1.165, 1.54) is 10.9 Å². The second-order valence-electron chi connectivity index (χ2n) is 5.83. The van der Waals surface area contributed by atoms with Crippen molar-refractivity contribution in [2.75, 3.05) is 0 Å². The van der Waals surface area contributed by atoms with Gasteiger partial charge in [0.15, 0.2) is 0 Å². The topological polar surface area (TPSA) is 38.9 Å². The summed E-state index contributed by atoms with van der Waals surface area (Å²) in [6.07, 6.45) is 2.80. The third kappa shape index (κ3) is 3.04. The fraction of sp³-hybridized carbons (Fsp3) is 0.400. The molecule has 0 aliphatic rings. The van der Waals surface area contributed by atoms with Crippen molar-refractivity contribution in [3.8, 4) is 0 Å². The quantitative estimate of drug-likeness (QED) is 0.851. The standard InChI is InChI=1S/C15H20N2/c1-15(2,3)10-13(16)12-7-6-11-5-4-8-17-14(11)9-12/h4-9,13H,10,16H2,1-3H3. The lowest BCUT2D eigenvalue weighted by molar-refractivity contribution is 0.343. The first-order chi connectivity index (χ1) is 7.96. The normalized spacial score (nSPS) is 13.9. The van der Waals surface area contributed by atoms with Crippen molar-refractivity contribution in [3.05, 3.63) is 42.1 Å². The van der Waals surface area contributed by atoms with Gasteiger partial charge in [0.25, 0.3) is 0 Å². The summed E-state index contributed by atoms with van der Waals surface area (Å²) in [6, 6.07) is 10.4. The molecule has 0 saturated heterocycles. The van der Waals surface area contributed by atoms with Gasteiger partial charge in [-0.15, -0.1) is 0 Å². The molecule has 1 atom stereocenters. The zero-order chi connectivity index (χ0) is 12.5. The Bertz CT molecular complexity index is 512. The van der Waals surface area contributed by atoms with Crippen LogP contribution in [0.15, 0.2) is 36.5 Å². The van der Waals surface area contributed by atoms with Crippen LogP contribution >= 0.6 is 0 Å². The van der Waals surface area contributed by atoms with Gasteiger partial charge in [0, 0.05) is 17.6 Å². The van der Waals surface area contributed by atoms with Gasteiger partial charge < -0.3 is 5.73 Å². The summed E-state index contributed by atoms with van der Waals surface area (Å²) >= 11 is 0. The lowest BCUT2D eigenvalue weighted by atomic mass is 9.86. The molecule has 17 heavy (non-hydrogen) atoms. The van der Waals surface area contributed by atoms with Crippen LogP contribution in [0.5, 0.6) is 0 Å². The highest BCUT2D eigenvalue weighted by Crippen LogP contribution is 2.28. The average Bonchev–Trinajstić information content (AvgIpc) is 2.26. The molecule has 0 saturated carbocycles. The highest BCUT2D eigenvalue weighted by Gasteiger charge is 2.17. The minimum atomic E-state index is 0.0846. The van der Waals surface area contributed by atoms with E-state index in [0.29, 0.717) is 0 Å². The third-order valence-electron chi connectivity index (χ3n) is 2.89. The zero-order valence-corrected chi connectivity index (χ0v) is 10.8. The molecule has 0 amide bonds. The molecule has 2 rings (SSSR count). The van der Waals surface area contributed by atoms with E-state index >= 15 is 0 Å². The molecule has 1 heterocycles. The van der Waals surface area contributed by atoms with Crippen molar-refractivity contribution in [3.63, 3.8) is 0 Å².